The van der Waals surface area contributed by atoms with Crippen LogP contribution in [0.5, 0.6) is 0 Å². The smallest absolute Gasteiger partial charge is 0.242 e. The zero-order chi connectivity index (χ0) is 12.9. The van der Waals surface area contributed by atoms with Gasteiger partial charge in [-0.15, -0.1) is 0 Å². The van der Waals surface area contributed by atoms with Gasteiger partial charge in [0.2, 0.25) is 10.0 Å². The molecule has 0 amide bonds. The van der Waals surface area contributed by atoms with Crippen LogP contribution in [0.1, 0.15) is 20.3 Å². The summed E-state index contributed by atoms with van der Waals surface area (Å²) in [5, 5.41) is 0.856. The first-order valence-electron chi connectivity index (χ1n) is 5.33. The summed E-state index contributed by atoms with van der Waals surface area (Å²) < 4.78 is 26.5. The minimum atomic E-state index is -3.44. The van der Waals surface area contributed by atoms with Gasteiger partial charge in [0, 0.05) is 24.3 Å². The molecule has 0 aliphatic heterocycles. The molecule has 1 heterocycles. The van der Waals surface area contributed by atoms with Gasteiger partial charge in [-0.1, -0.05) is 29.8 Å². The molecule has 0 fully saturated rings. The molecule has 1 N–H and O–H groups in total. The number of sulfonamides is 1. The normalized spacial score (nSPS) is 12.6. The van der Waals surface area contributed by atoms with Crippen molar-refractivity contribution in [3.63, 3.8) is 0 Å². The highest BCUT2D eigenvalue weighted by Gasteiger charge is 2.21. The Balaban J connectivity index is 2.69. The molecule has 0 aliphatic rings. The standard InChI is InChI=1S/C11H17BrN2O2S/c1-11(2,5-6-12)9-14-17(15,16)10-4-3-7-13-8-10/h3-4,7-8,14H,5-6,9H2,1-2H3. The molecule has 0 spiro atoms. The Hall–Kier alpha value is -0.460. The molecule has 1 rings (SSSR count). The fraction of sp³-hybridized carbons (Fsp3) is 0.545. The topological polar surface area (TPSA) is 59.1 Å². The average molecular weight is 321 g/mol. The van der Waals surface area contributed by atoms with E-state index in [0.29, 0.717) is 6.54 Å². The SMILES string of the molecule is CC(C)(CCBr)CNS(=O)(=O)c1cccnc1. The highest BCUT2D eigenvalue weighted by atomic mass is 79.9. The maximum atomic E-state index is 11.9. The zero-order valence-corrected chi connectivity index (χ0v) is 12.4. The van der Waals surface area contributed by atoms with E-state index < -0.39 is 10.0 Å². The maximum absolute atomic E-state index is 11.9. The number of rotatable bonds is 6. The van der Waals surface area contributed by atoms with Crippen molar-refractivity contribution in [1.82, 2.24) is 9.71 Å². The fourth-order valence-corrected chi connectivity index (χ4v) is 3.50. The second kappa shape index (κ2) is 5.93. The molecule has 4 nitrogen and oxygen atoms in total. The van der Waals surface area contributed by atoms with E-state index in [1.54, 1.807) is 12.3 Å². The predicted octanol–water partition coefficient (Wildman–Crippen LogP) is 2.17. The van der Waals surface area contributed by atoms with Crippen LogP contribution in [0.3, 0.4) is 0 Å². The Bertz CT molecular complexity index is 446. The molecule has 0 unspecified atom stereocenters. The van der Waals surface area contributed by atoms with Crippen LogP contribution in [0.15, 0.2) is 29.4 Å². The van der Waals surface area contributed by atoms with Crippen molar-refractivity contribution in [3.8, 4) is 0 Å². The minimum Gasteiger partial charge on any atom is -0.263 e. The first kappa shape index (κ1) is 14.6. The van der Waals surface area contributed by atoms with Crippen LogP contribution in [-0.4, -0.2) is 25.3 Å². The summed E-state index contributed by atoms with van der Waals surface area (Å²) in [6, 6.07) is 3.14. The first-order valence-corrected chi connectivity index (χ1v) is 7.93. The molecule has 0 bridgehead atoms. The quantitative estimate of drug-likeness (QED) is 0.817. The van der Waals surface area contributed by atoms with E-state index in [4.69, 9.17) is 0 Å². The van der Waals surface area contributed by atoms with Crippen LogP contribution in [0.4, 0.5) is 0 Å². The Morgan fingerprint density at radius 2 is 2.18 bits per heavy atom. The molecule has 6 heteroatoms. The van der Waals surface area contributed by atoms with Crippen molar-refractivity contribution in [3.05, 3.63) is 24.5 Å². The minimum absolute atomic E-state index is 0.0707. The first-order chi connectivity index (χ1) is 7.87. The second-order valence-corrected chi connectivity index (χ2v) is 7.18. The molecule has 0 aliphatic carbocycles. The fourth-order valence-electron chi connectivity index (χ4n) is 1.22. The van der Waals surface area contributed by atoms with E-state index in [-0.39, 0.29) is 10.3 Å². The monoisotopic (exact) mass is 320 g/mol. The maximum Gasteiger partial charge on any atom is 0.242 e. The van der Waals surface area contributed by atoms with Gasteiger partial charge in [0.1, 0.15) is 4.90 Å². The summed E-state index contributed by atoms with van der Waals surface area (Å²) >= 11 is 3.36. The summed E-state index contributed by atoms with van der Waals surface area (Å²) in [7, 11) is -3.44. The average Bonchev–Trinajstić information content (AvgIpc) is 2.28. The van der Waals surface area contributed by atoms with Crippen molar-refractivity contribution in [1.29, 1.82) is 0 Å². The molecule has 17 heavy (non-hydrogen) atoms. The number of pyridine rings is 1. The van der Waals surface area contributed by atoms with E-state index in [1.165, 1.54) is 12.3 Å². The molecule has 96 valence electrons. The van der Waals surface area contributed by atoms with Gasteiger partial charge in [0.15, 0.2) is 0 Å². The third-order valence-electron chi connectivity index (χ3n) is 2.46. The highest BCUT2D eigenvalue weighted by molar-refractivity contribution is 9.09. The van der Waals surface area contributed by atoms with Gasteiger partial charge in [-0.25, -0.2) is 13.1 Å². The van der Waals surface area contributed by atoms with Crippen molar-refractivity contribution in [2.75, 3.05) is 11.9 Å². The van der Waals surface area contributed by atoms with Crippen molar-refractivity contribution >= 4 is 26.0 Å². The molecule has 1 aromatic rings. The van der Waals surface area contributed by atoms with Crippen LogP contribution >= 0.6 is 15.9 Å². The summed E-state index contributed by atoms with van der Waals surface area (Å²) in [6.07, 6.45) is 3.80. The van der Waals surface area contributed by atoms with Gasteiger partial charge in [-0.3, -0.25) is 4.98 Å². The lowest BCUT2D eigenvalue weighted by Gasteiger charge is -2.23. The van der Waals surface area contributed by atoms with E-state index in [1.807, 2.05) is 13.8 Å². The molecular formula is C11H17BrN2O2S. The van der Waals surface area contributed by atoms with Crippen LogP contribution in [0.2, 0.25) is 0 Å². The number of hydrogen-bond acceptors (Lipinski definition) is 3. The van der Waals surface area contributed by atoms with Crippen LogP contribution in [-0.2, 0) is 10.0 Å². The van der Waals surface area contributed by atoms with Gasteiger partial charge in [0.05, 0.1) is 0 Å². The summed E-state index contributed by atoms with van der Waals surface area (Å²) in [4.78, 5) is 4.01. The number of halogens is 1. The third-order valence-corrected chi connectivity index (χ3v) is 4.24. The lowest BCUT2D eigenvalue weighted by atomic mass is 9.91. The molecular weight excluding hydrogens is 304 g/mol. The summed E-state index contributed by atoms with van der Waals surface area (Å²) in [5.74, 6) is 0. The van der Waals surface area contributed by atoms with Gasteiger partial charge in [-0.2, -0.15) is 0 Å². The van der Waals surface area contributed by atoms with Gasteiger partial charge in [0.25, 0.3) is 0 Å². The van der Waals surface area contributed by atoms with Gasteiger partial charge >= 0.3 is 0 Å². The Kier molecular flexibility index (Phi) is 5.09. The second-order valence-electron chi connectivity index (χ2n) is 4.62. The molecule has 0 radical (unpaired) electrons. The van der Waals surface area contributed by atoms with Gasteiger partial charge in [-0.05, 0) is 24.0 Å². The summed E-state index contributed by atoms with van der Waals surface area (Å²) in [5.41, 5.74) is -0.0707. The Labute approximate surface area is 111 Å². The largest absolute Gasteiger partial charge is 0.263 e. The number of alkyl halides is 1. The predicted molar refractivity (Wildman–Crippen MR) is 71.6 cm³/mol. The number of hydrogen-bond donors (Lipinski definition) is 1. The van der Waals surface area contributed by atoms with Gasteiger partial charge < -0.3 is 0 Å². The van der Waals surface area contributed by atoms with Crippen molar-refractivity contribution in [2.24, 2.45) is 5.41 Å². The zero-order valence-electron chi connectivity index (χ0n) is 9.98. The Morgan fingerprint density at radius 1 is 1.47 bits per heavy atom. The van der Waals surface area contributed by atoms with E-state index in [9.17, 15) is 8.42 Å². The lowest BCUT2D eigenvalue weighted by Crippen LogP contribution is -2.34. The number of aromatic nitrogens is 1. The van der Waals surface area contributed by atoms with E-state index in [0.717, 1.165) is 11.8 Å². The summed E-state index contributed by atoms with van der Waals surface area (Å²) in [6.45, 7) is 4.47. The van der Waals surface area contributed by atoms with Crippen LogP contribution < -0.4 is 4.72 Å². The molecule has 0 aromatic carbocycles. The van der Waals surface area contributed by atoms with E-state index in [2.05, 4.69) is 25.6 Å². The van der Waals surface area contributed by atoms with Crippen molar-refractivity contribution < 1.29 is 8.42 Å². The lowest BCUT2D eigenvalue weighted by molar-refractivity contribution is 0.354. The van der Waals surface area contributed by atoms with Crippen LogP contribution in [0, 0.1) is 5.41 Å². The van der Waals surface area contributed by atoms with Crippen LogP contribution in [0.25, 0.3) is 0 Å². The highest BCUT2D eigenvalue weighted by Crippen LogP contribution is 2.21. The number of nitrogens with one attached hydrogen (secondary N) is 1. The number of nitrogens with zero attached hydrogens (tertiary/aromatic N) is 1. The molecule has 0 saturated carbocycles. The third kappa shape index (κ3) is 4.73. The molecule has 1 aromatic heterocycles. The molecule has 0 atom stereocenters. The van der Waals surface area contributed by atoms with E-state index >= 15 is 0 Å². The molecule has 0 saturated heterocycles. The Morgan fingerprint density at radius 3 is 2.71 bits per heavy atom. The van der Waals surface area contributed by atoms with Crippen molar-refractivity contribution in [2.45, 2.75) is 25.2 Å².